The molecular weight excluding hydrogens is 222 g/mol. The van der Waals surface area contributed by atoms with Gasteiger partial charge in [-0.15, -0.1) is 11.3 Å². The highest BCUT2D eigenvalue weighted by atomic mass is 32.1. The Labute approximate surface area is 97.3 Å². The molecule has 0 saturated carbocycles. The van der Waals surface area contributed by atoms with E-state index in [1.54, 1.807) is 24.4 Å². The number of hydrogen-bond acceptors (Lipinski definition) is 5. The molecule has 2 N–H and O–H groups in total. The largest absolute Gasteiger partial charge is 0.508 e. The lowest BCUT2D eigenvalue weighted by molar-refractivity contribution is 0.475. The number of phenols is 1. The number of thiazole rings is 1. The number of anilines is 1. The molecule has 1 aromatic heterocycles. The van der Waals surface area contributed by atoms with Crippen molar-refractivity contribution < 1.29 is 5.11 Å². The van der Waals surface area contributed by atoms with E-state index in [0.29, 0.717) is 0 Å². The van der Waals surface area contributed by atoms with Gasteiger partial charge in [0.1, 0.15) is 5.75 Å². The van der Waals surface area contributed by atoms with E-state index in [1.165, 1.54) is 11.3 Å². The molecule has 4 nitrogen and oxygen atoms in total. The molecule has 0 atom stereocenters. The molecule has 0 aliphatic rings. The van der Waals surface area contributed by atoms with Crippen molar-refractivity contribution in [3.8, 4) is 5.75 Å². The molecule has 0 fully saturated rings. The summed E-state index contributed by atoms with van der Waals surface area (Å²) in [5.41, 5.74) is 4.63. The highest BCUT2D eigenvalue weighted by Gasteiger charge is 1.94. The molecule has 0 bridgehead atoms. The van der Waals surface area contributed by atoms with Crippen LogP contribution in [-0.4, -0.2) is 16.3 Å². The van der Waals surface area contributed by atoms with E-state index in [1.807, 2.05) is 18.4 Å². The quantitative estimate of drug-likeness (QED) is 0.633. The van der Waals surface area contributed by atoms with Crippen LogP contribution in [0.5, 0.6) is 5.75 Å². The summed E-state index contributed by atoms with van der Waals surface area (Å²) in [4.78, 5) is 4.20. The predicted molar refractivity (Wildman–Crippen MR) is 66.2 cm³/mol. The smallest absolute Gasteiger partial charge is 0.203 e. The number of hydrazone groups is 1. The third-order valence-corrected chi connectivity index (χ3v) is 2.73. The van der Waals surface area contributed by atoms with Gasteiger partial charge in [-0.2, -0.15) is 5.10 Å². The van der Waals surface area contributed by atoms with Gasteiger partial charge in [-0.05, 0) is 24.6 Å². The predicted octanol–water partition coefficient (Wildman–Crippen LogP) is 2.60. The topological polar surface area (TPSA) is 57.5 Å². The zero-order chi connectivity index (χ0) is 11.4. The minimum Gasteiger partial charge on any atom is -0.508 e. The van der Waals surface area contributed by atoms with Crippen molar-refractivity contribution in [3.05, 3.63) is 40.9 Å². The molecule has 0 aliphatic heterocycles. The summed E-state index contributed by atoms with van der Waals surface area (Å²) in [5, 5.41) is 16.0. The van der Waals surface area contributed by atoms with Crippen LogP contribution in [-0.2, 0) is 0 Å². The van der Waals surface area contributed by atoms with Crippen LogP contribution in [0, 0.1) is 6.92 Å². The summed E-state index contributed by atoms with van der Waals surface area (Å²) in [7, 11) is 0. The van der Waals surface area contributed by atoms with Crippen LogP contribution in [0.2, 0.25) is 0 Å². The van der Waals surface area contributed by atoms with Crippen LogP contribution in [0.3, 0.4) is 0 Å². The maximum Gasteiger partial charge on any atom is 0.203 e. The zero-order valence-corrected chi connectivity index (χ0v) is 9.53. The van der Waals surface area contributed by atoms with Crippen LogP contribution in [0.15, 0.2) is 34.7 Å². The van der Waals surface area contributed by atoms with Crippen molar-refractivity contribution in [2.75, 3.05) is 5.43 Å². The van der Waals surface area contributed by atoms with Crippen LogP contribution < -0.4 is 5.43 Å². The van der Waals surface area contributed by atoms with E-state index in [2.05, 4.69) is 15.5 Å². The van der Waals surface area contributed by atoms with Crippen molar-refractivity contribution in [3.63, 3.8) is 0 Å². The highest BCUT2D eigenvalue weighted by Crippen LogP contribution is 2.14. The number of rotatable bonds is 3. The van der Waals surface area contributed by atoms with Crippen LogP contribution in [0.1, 0.15) is 11.3 Å². The Morgan fingerprint density at radius 3 is 3.06 bits per heavy atom. The molecule has 82 valence electrons. The Hall–Kier alpha value is -1.88. The van der Waals surface area contributed by atoms with E-state index in [-0.39, 0.29) is 5.75 Å². The van der Waals surface area contributed by atoms with E-state index >= 15 is 0 Å². The molecule has 0 spiro atoms. The first kappa shape index (κ1) is 10.6. The summed E-state index contributed by atoms with van der Waals surface area (Å²) in [5.74, 6) is 0.231. The molecule has 1 aromatic carbocycles. The summed E-state index contributed by atoms with van der Waals surface area (Å²) in [6.07, 6.45) is 1.64. The number of nitrogens with one attached hydrogen (secondary N) is 1. The zero-order valence-electron chi connectivity index (χ0n) is 8.71. The highest BCUT2D eigenvalue weighted by molar-refractivity contribution is 7.13. The summed E-state index contributed by atoms with van der Waals surface area (Å²) < 4.78 is 0. The normalized spacial score (nSPS) is 10.8. The number of benzene rings is 1. The Morgan fingerprint density at radius 2 is 2.38 bits per heavy atom. The SMILES string of the molecule is Cc1csc(N/N=C/c2cccc(O)c2)n1. The third kappa shape index (κ3) is 2.80. The molecule has 16 heavy (non-hydrogen) atoms. The van der Waals surface area contributed by atoms with E-state index in [4.69, 9.17) is 0 Å². The Bertz CT molecular complexity index is 507. The Morgan fingerprint density at radius 1 is 1.50 bits per heavy atom. The summed E-state index contributed by atoms with van der Waals surface area (Å²) in [6, 6.07) is 6.88. The van der Waals surface area contributed by atoms with Crippen LogP contribution >= 0.6 is 11.3 Å². The number of phenolic OH excluding ortho intramolecular Hbond substituents is 1. The van der Waals surface area contributed by atoms with Gasteiger partial charge in [-0.25, -0.2) is 4.98 Å². The molecule has 5 heteroatoms. The molecule has 0 unspecified atom stereocenters. The minimum atomic E-state index is 0.231. The van der Waals surface area contributed by atoms with Gasteiger partial charge in [0, 0.05) is 5.38 Å². The van der Waals surface area contributed by atoms with Crippen molar-refractivity contribution in [2.45, 2.75) is 6.92 Å². The number of nitrogens with zero attached hydrogens (tertiary/aromatic N) is 2. The van der Waals surface area contributed by atoms with Crippen molar-refractivity contribution in [1.29, 1.82) is 0 Å². The van der Waals surface area contributed by atoms with Gasteiger partial charge in [0.25, 0.3) is 0 Å². The average molecular weight is 233 g/mol. The molecule has 2 rings (SSSR count). The Kier molecular flexibility index (Phi) is 3.16. The number of hydrogen-bond donors (Lipinski definition) is 2. The van der Waals surface area contributed by atoms with Crippen LogP contribution in [0.4, 0.5) is 5.13 Å². The second-order valence-corrected chi connectivity index (χ2v) is 4.12. The maximum atomic E-state index is 9.24. The standard InChI is InChI=1S/C11H11N3OS/c1-8-7-16-11(13-8)14-12-6-9-3-2-4-10(15)5-9/h2-7,15H,1H3,(H,13,14)/b12-6+. The lowest BCUT2D eigenvalue weighted by Gasteiger charge is -1.95. The van der Waals surface area contributed by atoms with Gasteiger partial charge in [-0.3, -0.25) is 5.43 Å². The molecule has 0 aliphatic carbocycles. The lowest BCUT2D eigenvalue weighted by Crippen LogP contribution is -1.89. The maximum absolute atomic E-state index is 9.24. The van der Waals surface area contributed by atoms with Gasteiger partial charge >= 0.3 is 0 Å². The fourth-order valence-corrected chi connectivity index (χ4v) is 1.81. The summed E-state index contributed by atoms with van der Waals surface area (Å²) in [6.45, 7) is 1.93. The second-order valence-electron chi connectivity index (χ2n) is 3.26. The molecule has 1 heterocycles. The number of aromatic hydroxyl groups is 1. The molecule has 0 amide bonds. The van der Waals surface area contributed by atoms with Crippen LogP contribution in [0.25, 0.3) is 0 Å². The lowest BCUT2D eigenvalue weighted by atomic mass is 10.2. The van der Waals surface area contributed by atoms with E-state index in [9.17, 15) is 5.11 Å². The van der Waals surface area contributed by atoms with Crippen molar-refractivity contribution >= 4 is 22.7 Å². The van der Waals surface area contributed by atoms with E-state index < -0.39 is 0 Å². The van der Waals surface area contributed by atoms with Gasteiger partial charge in [-0.1, -0.05) is 12.1 Å². The minimum absolute atomic E-state index is 0.231. The third-order valence-electron chi connectivity index (χ3n) is 1.86. The number of aryl methyl sites for hydroxylation is 1. The van der Waals surface area contributed by atoms with Gasteiger partial charge in [0.05, 0.1) is 11.9 Å². The molecular formula is C11H11N3OS. The first-order chi connectivity index (χ1) is 7.74. The van der Waals surface area contributed by atoms with Gasteiger partial charge in [0.15, 0.2) is 0 Å². The summed E-state index contributed by atoms with van der Waals surface area (Å²) >= 11 is 1.50. The fourth-order valence-electron chi connectivity index (χ4n) is 1.17. The van der Waals surface area contributed by atoms with E-state index in [0.717, 1.165) is 16.4 Å². The van der Waals surface area contributed by atoms with Gasteiger partial charge < -0.3 is 5.11 Å². The molecule has 0 saturated heterocycles. The second kappa shape index (κ2) is 4.76. The van der Waals surface area contributed by atoms with Crippen molar-refractivity contribution in [1.82, 2.24) is 4.98 Å². The van der Waals surface area contributed by atoms with Gasteiger partial charge in [0.2, 0.25) is 5.13 Å². The Balaban J connectivity index is 2.00. The number of aromatic nitrogens is 1. The first-order valence-corrected chi connectivity index (χ1v) is 5.62. The fraction of sp³-hybridized carbons (Fsp3) is 0.0909. The van der Waals surface area contributed by atoms with Crippen molar-refractivity contribution in [2.24, 2.45) is 5.10 Å². The first-order valence-electron chi connectivity index (χ1n) is 4.74. The molecule has 2 aromatic rings. The average Bonchev–Trinajstić information content (AvgIpc) is 2.64. The monoisotopic (exact) mass is 233 g/mol. The molecule has 0 radical (unpaired) electrons.